The Bertz CT molecular complexity index is 1390. The average Bonchev–Trinajstić information content (AvgIpc) is 2.79. The molecule has 0 spiro atoms. The first-order chi connectivity index (χ1) is 14.7. The van der Waals surface area contributed by atoms with Gasteiger partial charge in [-0.25, -0.2) is 4.98 Å². The molecule has 5 aromatic rings. The molecule has 0 aliphatic carbocycles. The van der Waals surface area contributed by atoms with E-state index in [0.717, 1.165) is 38.8 Å². The minimum atomic E-state index is -0.194. The van der Waals surface area contributed by atoms with E-state index in [1.807, 2.05) is 84.9 Å². The molecule has 1 amide bonds. The van der Waals surface area contributed by atoms with Gasteiger partial charge in [0.05, 0.1) is 28.0 Å². The van der Waals surface area contributed by atoms with Crippen molar-refractivity contribution in [1.82, 2.24) is 9.97 Å². The number of rotatable bonds is 3. The Kier molecular flexibility index (Phi) is 4.62. The van der Waals surface area contributed by atoms with Gasteiger partial charge in [0.1, 0.15) is 0 Å². The summed E-state index contributed by atoms with van der Waals surface area (Å²) in [5.74, 6) is -0.194. The lowest BCUT2D eigenvalue weighted by Gasteiger charge is -2.12. The maximum absolute atomic E-state index is 13.3. The van der Waals surface area contributed by atoms with Gasteiger partial charge in [-0.15, -0.1) is 0 Å². The number of para-hydroxylation sites is 1. The SMILES string of the molecule is O=C(Nc1cccc2ncccc12)c1cc(-c2ccc(Cl)cc2)nc2ccccc12. The van der Waals surface area contributed by atoms with Gasteiger partial charge in [-0.3, -0.25) is 9.78 Å². The maximum atomic E-state index is 13.3. The zero-order valence-electron chi connectivity index (χ0n) is 15.8. The first-order valence-corrected chi connectivity index (χ1v) is 9.88. The Morgan fingerprint density at radius 1 is 0.800 bits per heavy atom. The van der Waals surface area contributed by atoms with Crippen LogP contribution in [0.3, 0.4) is 0 Å². The van der Waals surface area contributed by atoms with Crippen molar-refractivity contribution in [3.63, 3.8) is 0 Å². The molecule has 5 rings (SSSR count). The van der Waals surface area contributed by atoms with Gasteiger partial charge >= 0.3 is 0 Å². The third kappa shape index (κ3) is 3.38. The van der Waals surface area contributed by atoms with E-state index in [-0.39, 0.29) is 5.91 Å². The van der Waals surface area contributed by atoms with E-state index in [9.17, 15) is 4.79 Å². The van der Waals surface area contributed by atoms with E-state index in [1.165, 1.54) is 0 Å². The Morgan fingerprint density at radius 3 is 2.43 bits per heavy atom. The molecule has 0 saturated heterocycles. The molecular formula is C25H16ClN3O. The van der Waals surface area contributed by atoms with Gasteiger partial charge < -0.3 is 5.32 Å². The smallest absolute Gasteiger partial charge is 0.256 e. The summed E-state index contributed by atoms with van der Waals surface area (Å²) < 4.78 is 0. The second-order valence-electron chi connectivity index (χ2n) is 6.91. The number of pyridine rings is 2. The predicted molar refractivity (Wildman–Crippen MR) is 122 cm³/mol. The van der Waals surface area contributed by atoms with E-state index >= 15 is 0 Å². The monoisotopic (exact) mass is 409 g/mol. The highest BCUT2D eigenvalue weighted by atomic mass is 35.5. The number of hydrogen-bond donors (Lipinski definition) is 1. The highest BCUT2D eigenvalue weighted by molar-refractivity contribution is 6.30. The zero-order chi connectivity index (χ0) is 20.5. The quantitative estimate of drug-likeness (QED) is 0.377. The number of fused-ring (bicyclic) bond motifs is 2. The molecule has 3 aromatic carbocycles. The van der Waals surface area contributed by atoms with Crippen molar-refractivity contribution in [3.05, 3.63) is 102 Å². The van der Waals surface area contributed by atoms with Crippen LogP contribution in [0.25, 0.3) is 33.1 Å². The van der Waals surface area contributed by atoms with E-state index in [0.29, 0.717) is 10.6 Å². The van der Waals surface area contributed by atoms with Crippen LogP contribution < -0.4 is 5.32 Å². The third-order valence-electron chi connectivity index (χ3n) is 4.99. The molecule has 0 atom stereocenters. The van der Waals surface area contributed by atoms with Crippen molar-refractivity contribution in [1.29, 1.82) is 0 Å². The molecule has 144 valence electrons. The second-order valence-corrected chi connectivity index (χ2v) is 7.35. The van der Waals surface area contributed by atoms with Crippen molar-refractivity contribution < 1.29 is 4.79 Å². The first-order valence-electron chi connectivity index (χ1n) is 9.50. The largest absolute Gasteiger partial charge is 0.321 e. The molecule has 30 heavy (non-hydrogen) atoms. The Balaban J connectivity index is 1.62. The number of nitrogens with zero attached hydrogens (tertiary/aromatic N) is 2. The predicted octanol–water partition coefficient (Wildman–Crippen LogP) is 6.36. The molecule has 0 unspecified atom stereocenters. The van der Waals surface area contributed by atoms with Crippen molar-refractivity contribution in [2.75, 3.05) is 5.32 Å². The fraction of sp³-hybridized carbons (Fsp3) is 0. The van der Waals surface area contributed by atoms with E-state index in [1.54, 1.807) is 6.20 Å². The summed E-state index contributed by atoms with van der Waals surface area (Å²) in [6.45, 7) is 0. The lowest BCUT2D eigenvalue weighted by atomic mass is 10.0. The average molecular weight is 410 g/mol. The van der Waals surface area contributed by atoms with E-state index < -0.39 is 0 Å². The summed E-state index contributed by atoms with van der Waals surface area (Å²) in [6, 6.07) is 26.4. The Morgan fingerprint density at radius 2 is 1.57 bits per heavy atom. The van der Waals surface area contributed by atoms with Crippen LogP contribution in [-0.4, -0.2) is 15.9 Å². The maximum Gasteiger partial charge on any atom is 0.256 e. The molecule has 2 heterocycles. The number of amides is 1. The lowest BCUT2D eigenvalue weighted by molar-refractivity contribution is 0.102. The molecule has 0 bridgehead atoms. The number of nitrogens with one attached hydrogen (secondary N) is 1. The van der Waals surface area contributed by atoms with Crippen LogP contribution in [0.2, 0.25) is 5.02 Å². The second kappa shape index (κ2) is 7.58. The topological polar surface area (TPSA) is 54.9 Å². The van der Waals surface area contributed by atoms with E-state index in [4.69, 9.17) is 16.6 Å². The zero-order valence-corrected chi connectivity index (χ0v) is 16.6. The van der Waals surface area contributed by atoms with Gasteiger partial charge in [-0.2, -0.15) is 0 Å². The minimum absolute atomic E-state index is 0.194. The molecule has 0 aliphatic rings. The summed E-state index contributed by atoms with van der Waals surface area (Å²) in [4.78, 5) is 22.4. The highest BCUT2D eigenvalue weighted by Crippen LogP contribution is 2.28. The molecule has 0 fully saturated rings. The lowest BCUT2D eigenvalue weighted by Crippen LogP contribution is -2.13. The fourth-order valence-corrected chi connectivity index (χ4v) is 3.66. The standard InChI is InChI=1S/C25H16ClN3O/c26-17-12-10-16(11-13-17)24-15-20(18-5-1-2-7-22(18)28-24)25(30)29-23-9-3-8-21-19(23)6-4-14-27-21/h1-15H,(H,29,30). The van der Waals surface area contributed by atoms with Crippen LogP contribution in [0, 0.1) is 0 Å². The fourth-order valence-electron chi connectivity index (χ4n) is 3.53. The highest BCUT2D eigenvalue weighted by Gasteiger charge is 2.15. The summed E-state index contributed by atoms with van der Waals surface area (Å²) >= 11 is 6.02. The summed E-state index contributed by atoms with van der Waals surface area (Å²) in [7, 11) is 0. The van der Waals surface area contributed by atoms with Crippen molar-refractivity contribution in [2.24, 2.45) is 0 Å². The molecule has 4 nitrogen and oxygen atoms in total. The van der Waals surface area contributed by atoms with Crippen LogP contribution in [0.5, 0.6) is 0 Å². The summed E-state index contributed by atoms with van der Waals surface area (Å²) in [5, 5.41) is 5.40. The van der Waals surface area contributed by atoms with Crippen molar-refractivity contribution in [2.45, 2.75) is 0 Å². The van der Waals surface area contributed by atoms with Gasteiger partial charge in [0, 0.05) is 27.6 Å². The van der Waals surface area contributed by atoms with Crippen LogP contribution >= 0.6 is 11.6 Å². The van der Waals surface area contributed by atoms with Crippen molar-refractivity contribution >= 4 is 45.0 Å². The number of carbonyl (C=O) groups excluding carboxylic acids is 1. The number of benzene rings is 3. The first kappa shape index (κ1) is 18.3. The van der Waals surface area contributed by atoms with Crippen LogP contribution in [0.1, 0.15) is 10.4 Å². The summed E-state index contributed by atoms with van der Waals surface area (Å²) in [5.41, 5.74) is 4.49. The molecule has 0 aliphatic heterocycles. The number of anilines is 1. The van der Waals surface area contributed by atoms with Crippen LogP contribution in [0.4, 0.5) is 5.69 Å². The third-order valence-corrected chi connectivity index (χ3v) is 5.25. The number of aromatic nitrogens is 2. The molecule has 0 radical (unpaired) electrons. The number of halogens is 1. The Labute approximate surface area is 178 Å². The number of hydrogen-bond acceptors (Lipinski definition) is 3. The molecule has 0 saturated carbocycles. The summed E-state index contributed by atoms with van der Waals surface area (Å²) in [6.07, 6.45) is 1.74. The van der Waals surface area contributed by atoms with Gasteiger partial charge in [-0.1, -0.05) is 48.0 Å². The van der Waals surface area contributed by atoms with Gasteiger partial charge in [-0.05, 0) is 48.5 Å². The molecule has 5 heteroatoms. The van der Waals surface area contributed by atoms with Crippen LogP contribution in [-0.2, 0) is 0 Å². The van der Waals surface area contributed by atoms with E-state index in [2.05, 4.69) is 10.3 Å². The molecular weight excluding hydrogens is 394 g/mol. The minimum Gasteiger partial charge on any atom is -0.321 e. The van der Waals surface area contributed by atoms with Gasteiger partial charge in [0.15, 0.2) is 0 Å². The number of carbonyl (C=O) groups is 1. The molecule has 2 aromatic heterocycles. The molecule has 1 N–H and O–H groups in total. The normalized spacial score (nSPS) is 11.0. The van der Waals surface area contributed by atoms with Crippen molar-refractivity contribution in [3.8, 4) is 11.3 Å². The Hall–Kier alpha value is -3.76. The van der Waals surface area contributed by atoms with Gasteiger partial charge in [0.2, 0.25) is 0 Å². The van der Waals surface area contributed by atoms with Gasteiger partial charge in [0.25, 0.3) is 5.91 Å². The van der Waals surface area contributed by atoms with Crippen LogP contribution in [0.15, 0.2) is 91.1 Å².